The van der Waals surface area contributed by atoms with E-state index in [1.807, 2.05) is 0 Å². The monoisotopic (exact) mass is 186 g/mol. The van der Waals surface area contributed by atoms with Crippen LogP contribution in [0.15, 0.2) is 0 Å². The minimum absolute atomic E-state index is 0.115. The molecule has 2 heteroatoms. The Labute approximate surface area is 81.3 Å². The summed E-state index contributed by atoms with van der Waals surface area (Å²) in [5, 5.41) is 9.60. The fourth-order valence-corrected chi connectivity index (χ4v) is 2.31. The van der Waals surface area contributed by atoms with Crippen molar-refractivity contribution in [1.29, 1.82) is 0 Å². The molecule has 0 amide bonds. The molecule has 13 heavy (non-hydrogen) atoms. The van der Waals surface area contributed by atoms with E-state index in [1.54, 1.807) is 7.11 Å². The Morgan fingerprint density at radius 3 is 2.31 bits per heavy atom. The molecule has 0 heterocycles. The van der Waals surface area contributed by atoms with Crippen LogP contribution in [0.2, 0.25) is 0 Å². The molecular weight excluding hydrogens is 164 g/mol. The zero-order valence-electron chi connectivity index (χ0n) is 9.21. The summed E-state index contributed by atoms with van der Waals surface area (Å²) in [6, 6.07) is 0. The standard InChI is InChI=1S/C11H22O2/c1-11(2,3)9-7-8(12)5-6-10(9)13-4/h8-10,12H,5-7H2,1-4H3/t8-,9?,10-/m1/s1. The van der Waals surface area contributed by atoms with Gasteiger partial charge in [-0.05, 0) is 30.6 Å². The average molecular weight is 186 g/mol. The maximum absolute atomic E-state index is 9.60. The second-order valence-electron chi connectivity index (χ2n) is 5.21. The summed E-state index contributed by atoms with van der Waals surface area (Å²) >= 11 is 0. The van der Waals surface area contributed by atoms with E-state index in [9.17, 15) is 5.11 Å². The lowest BCUT2D eigenvalue weighted by Gasteiger charge is -2.41. The molecule has 0 saturated heterocycles. The van der Waals surface area contributed by atoms with E-state index in [1.165, 1.54) is 0 Å². The van der Waals surface area contributed by atoms with Crippen molar-refractivity contribution in [2.75, 3.05) is 7.11 Å². The van der Waals surface area contributed by atoms with E-state index in [0.29, 0.717) is 12.0 Å². The Balaban J connectivity index is 2.65. The van der Waals surface area contributed by atoms with Gasteiger partial charge in [-0.25, -0.2) is 0 Å². The van der Waals surface area contributed by atoms with Crippen molar-refractivity contribution in [3.63, 3.8) is 0 Å². The molecule has 1 saturated carbocycles. The third-order valence-corrected chi connectivity index (χ3v) is 3.17. The fraction of sp³-hybridized carbons (Fsp3) is 1.00. The zero-order chi connectivity index (χ0) is 10.1. The van der Waals surface area contributed by atoms with Gasteiger partial charge in [0.2, 0.25) is 0 Å². The molecule has 1 rings (SSSR count). The molecule has 1 aliphatic rings. The topological polar surface area (TPSA) is 29.5 Å². The molecule has 1 unspecified atom stereocenters. The van der Waals surface area contributed by atoms with Gasteiger partial charge in [-0.2, -0.15) is 0 Å². The number of aliphatic hydroxyl groups is 1. The van der Waals surface area contributed by atoms with E-state index in [2.05, 4.69) is 20.8 Å². The smallest absolute Gasteiger partial charge is 0.0606 e. The largest absolute Gasteiger partial charge is 0.393 e. The first-order chi connectivity index (χ1) is 5.95. The van der Waals surface area contributed by atoms with Crippen molar-refractivity contribution in [3.8, 4) is 0 Å². The van der Waals surface area contributed by atoms with Crippen LogP contribution in [-0.2, 0) is 4.74 Å². The third-order valence-electron chi connectivity index (χ3n) is 3.17. The summed E-state index contributed by atoms with van der Waals surface area (Å²) in [4.78, 5) is 0. The van der Waals surface area contributed by atoms with E-state index in [4.69, 9.17) is 4.74 Å². The highest BCUT2D eigenvalue weighted by atomic mass is 16.5. The lowest BCUT2D eigenvalue weighted by molar-refractivity contribution is -0.0581. The fourth-order valence-electron chi connectivity index (χ4n) is 2.31. The van der Waals surface area contributed by atoms with E-state index in [-0.39, 0.29) is 11.5 Å². The van der Waals surface area contributed by atoms with Crippen LogP contribution in [0.5, 0.6) is 0 Å². The van der Waals surface area contributed by atoms with E-state index < -0.39 is 0 Å². The first-order valence-corrected chi connectivity index (χ1v) is 5.16. The molecule has 2 nitrogen and oxygen atoms in total. The quantitative estimate of drug-likeness (QED) is 0.680. The number of methoxy groups -OCH3 is 1. The molecule has 1 fully saturated rings. The second kappa shape index (κ2) is 3.97. The number of ether oxygens (including phenoxy) is 1. The summed E-state index contributed by atoms with van der Waals surface area (Å²) in [7, 11) is 1.78. The highest BCUT2D eigenvalue weighted by Gasteiger charge is 2.37. The summed E-state index contributed by atoms with van der Waals surface area (Å²) in [6.45, 7) is 6.67. The first-order valence-electron chi connectivity index (χ1n) is 5.16. The summed E-state index contributed by atoms with van der Waals surface area (Å²) in [5.74, 6) is 0.487. The predicted octanol–water partition coefficient (Wildman–Crippen LogP) is 2.21. The molecule has 0 aromatic rings. The van der Waals surface area contributed by atoms with Gasteiger partial charge in [0.25, 0.3) is 0 Å². The van der Waals surface area contributed by atoms with Crippen molar-refractivity contribution in [3.05, 3.63) is 0 Å². The molecule has 78 valence electrons. The van der Waals surface area contributed by atoms with Gasteiger partial charge in [0.15, 0.2) is 0 Å². The van der Waals surface area contributed by atoms with Gasteiger partial charge >= 0.3 is 0 Å². The summed E-state index contributed by atoms with van der Waals surface area (Å²) in [5.41, 5.74) is 0.238. The summed E-state index contributed by atoms with van der Waals surface area (Å²) in [6.07, 6.45) is 3.01. The van der Waals surface area contributed by atoms with Crippen molar-refractivity contribution in [2.24, 2.45) is 11.3 Å². The maximum atomic E-state index is 9.60. The van der Waals surface area contributed by atoms with Gasteiger partial charge in [-0.1, -0.05) is 20.8 Å². The Morgan fingerprint density at radius 1 is 1.23 bits per heavy atom. The first kappa shape index (κ1) is 11.0. The molecule has 0 radical (unpaired) electrons. The van der Waals surface area contributed by atoms with Gasteiger partial charge < -0.3 is 9.84 Å². The van der Waals surface area contributed by atoms with Crippen LogP contribution in [0.4, 0.5) is 0 Å². The van der Waals surface area contributed by atoms with Gasteiger partial charge in [0, 0.05) is 7.11 Å². The van der Waals surface area contributed by atoms with Crippen molar-refractivity contribution < 1.29 is 9.84 Å². The molecule has 0 bridgehead atoms. The van der Waals surface area contributed by atoms with Crippen LogP contribution in [0.1, 0.15) is 40.0 Å². The molecule has 1 N–H and O–H groups in total. The molecule has 3 atom stereocenters. The minimum Gasteiger partial charge on any atom is -0.393 e. The average Bonchev–Trinajstić information content (AvgIpc) is 2.03. The number of aliphatic hydroxyl groups excluding tert-OH is 1. The van der Waals surface area contributed by atoms with E-state index in [0.717, 1.165) is 19.3 Å². The molecule has 0 aromatic carbocycles. The second-order valence-corrected chi connectivity index (χ2v) is 5.21. The zero-order valence-corrected chi connectivity index (χ0v) is 9.21. The van der Waals surface area contributed by atoms with Crippen molar-refractivity contribution >= 4 is 0 Å². The Bertz CT molecular complexity index is 160. The number of rotatable bonds is 1. The Morgan fingerprint density at radius 2 is 1.85 bits per heavy atom. The van der Waals surface area contributed by atoms with Gasteiger partial charge in [-0.3, -0.25) is 0 Å². The van der Waals surface area contributed by atoms with Crippen molar-refractivity contribution in [2.45, 2.75) is 52.2 Å². The third kappa shape index (κ3) is 2.68. The van der Waals surface area contributed by atoms with Crippen LogP contribution in [0.3, 0.4) is 0 Å². The van der Waals surface area contributed by atoms with Crippen molar-refractivity contribution in [1.82, 2.24) is 0 Å². The number of hydrogen-bond donors (Lipinski definition) is 1. The van der Waals surface area contributed by atoms with Crippen LogP contribution >= 0.6 is 0 Å². The van der Waals surface area contributed by atoms with Crippen LogP contribution in [0, 0.1) is 11.3 Å². The predicted molar refractivity (Wildman–Crippen MR) is 53.6 cm³/mol. The van der Waals surface area contributed by atoms with Gasteiger partial charge in [-0.15, -0.1) is 0 Å². The molecular formula is C11H22O2. The molecule has 0 aromatic heterocycles. The summed E-state index contributed by atoms with van der Waals surface area (Å²) < 4.78 is 5.47. The SMILES string of the molecule is CO[C@@H]1CC[C@@H](O)CC1C(C)(C)C. The molecule has 1 aliphatic carbocycles. The minimum atomic E-state index is -0.115. The Kier molecular flexibility index (Phi) is 3.36. The maximum Gasteiger partial charge on any atom is 0.0606 e. The van der Waals surface area contributed by atoms with Crippen LogP contribution in [0.25, 0.3) is 0 Å². The lowest BCUT2D eigenvalue weighted by Crippen LogP contribution is -2.40. The van der Waals surface area contributed by atoms with Crippen LogP contribution in [-0.4, -0.2) is 24.4 Å². The normalized spacial score (nSPS) is 36.2. The molecule has 0 aliphatic heterocycles. The highest BCUT2D eigenvalue weighted by molar-refractivity contribution is 4.87. The van der Waals surface area contributed by atoms with Gasteiger partial charge in [0.05, 0.1) is 12.2 Å². The molecule has 0 spiro atoms. The Hall–Kier alpha value is -0.0800. The van der Waals surface area contributed by atoms with Gasteiger partial charge in [0.1, 0.15) is 0 Å². The van der Waals surface area contributed by atoms with Crippen LogP contribution < -0.4 is 0 Å². The van der Waals surface area contributed by atoms with E-state index >= 15 is 0 Å². The highest BCUT2D eigenvalue weighted by Crippen LogP contribution is 2.39. The lowest BCUT2D eigenvalue weighted by atomic mass is 9.70. The number of hydrogen-bond acceptors (Lipinski definition) is 2.